The van der Waals surface area contributed by atoms with Gasteiger partial charge in [0.2, 0.25) is 26.6 Å². The zero-order valence-corrected chi connectivity index (χ0v) is 18.5. The summed E-state index contributed by atoms with van der Waals surface area (Å²) in [5.41, 5.74) is 2.68. The molecular formula is C24H21ClN2O3S. The molecule has 3 aromatic carbocycles. The van der Waals surface area contributed by atoms with Crippen LogP contribution in [0.5, 0.6) is 0 Å². The first-order valence-corrected chi connectivity index (χ1v) is 11.7. The van der Waals surface area contributed by atoms with Crippen molar-refractivity contribution < 1.29 is 12.8 Å². The van der Waals surface area contributed by atoms with Crippen LogP contribution in [0.2, 0.25) is 5.02 Å². The molecule has 7 heteroatoms. The molecule has 0 radical (unpaired) electrons. The van der Waals surface area contributed by atoms with Crippen LogP contribution in [0.15, 0.2) is 93.2 Å². The topological polar surface area (TPSA) is 72.2 Å². The number of hydrogen-bond donors (Lipinski definition) is 1. The van der Waals surface area contributed by atoms with E-state index in [1.165, 1.54) is 0 Å². The second-order valence-electron chi connectivity index (χ2n) is 7.00. The summed E-state index contributed by atoms with van der Waals surface area (Å²) in [5, 5.41) is 3.52. The Labute approximate surface area is 186 Å². The Morgan fingerprint density at radius 3 is 2.23 bits per heavy atom. The van der Waals surface area contributed by atoms with Gasteiger partial charge >= 0.3 is 0 Å². The van der Waals surface area contributed by atoms with Gasteiger partial charge in [-0.15, -0.1) is 0 Å². The minimum Gasteiger partial charge on any atom is -0.419 e. The molecule has 5 nitrogen and oxygen atoms in total. The number of nitrogens with one attached hydrogen (secondary N) is 1. The van der Waals surface area contributed by atoms with Crippen molar-refractivity contribution >= 4 is 27.3 Å². The van der Waals surface area contributed by atoms with E-state index in [0.29, 0.717) is 17.1 Å². The summed E-state index contributed by atoms with van der Waals surface area (Å²) in [7, 11) is -3.89. The number of aryl methyl sites for hydroxylation is 1. The van der Waals surface area contributed by atoms with Gasteiger partial charge < -0.3 is 9.73 Å². The molecule has 0 bridgehead atoms. The molecule has 0 aliphatic carbocycles. The van der Waals surface area contributed by atoms with Gasteiger partial charge in [0.1, 0.15) is 0 Å². The molecular weight excluding hydrogens is 432 g/mol. The number of benzene rings is 3. The molecule has 0 atom stereocenters. The fourth-order valence-corrected chi connectivity index (χ4v) is 4.51. The van der Waals surface area contributed by atoms with Crippen LogP contribution in [-0.2, 0) is 22.8 Å². The third kappa shape index (κ3) is 4.65. The van der Waals surface area contributed by atoms with Gasteiger partial charge in [0.05, 0.1) is 4.90 Å². The number of anilines is 1. The summed E-state index contributed by atoms with van der Waals surface area (Å²) in [6.07, 6.45) is 0.828. The SMILES string of the molecule is CCc1ccc(S(=O)(=O)c2nc(-c3ccc(Cl)cc3)oc2NCc2ccccc2)cc1. The number of aromatic nitrogens is 1. The van der Waals surface area contributed by atoms with Crippen molar-refractivity contribution in [2.45, 2.75) is 29.8 Å². The van der Waals surface area contributed by atoms with Gasteiger partial charge in [-0.3, -0.25) is 0 Å². The lowest BCUT2D eigenvalue weighted by atomic mass is 10.2. The fourth-order valence-electron chi connectivity index (χ4n) is 3.11. The Kier molecular flexibility index (Phi) is 6.11. The van der Waals surface area contributed by atoms with Gasteiger partial charge in [-0.1, -0.05) is 61.0 Å². The second-order valence-corrected chi connectivity index (χ2v) is 9.30. The highest BCUT2D eigenvalue weighted by molar-refractivity contribution is 7.91. The van der Waals surface area contributed by atoms with E-state index in [0.717, 1.165) is 17.5 Å². The van der Waals surface area contributed by atoms with E-state index in [1.54, 1.807) is 36.4 Å². The Hall–Kier alpha value is -3.09. The van der Waals surface area contributed by atoms with Crippen LogP contribution in [0.25, 0.3) is 11.5 Å². The zero-order valence-electron chi connectivity index (χ0n) is 16.9. The van der Waals surface area contributed by atoms with E-state index in [9.17, 15) is 8.42 Å². The highest BCUT2D eigenvalue weighted by atomic mass is 35.5. The Bertz CT molecular complexity index is 1270. The largest absolute Gasteiger partial charge is 0.419 e. The van der Waals surface area contributed by atoms with Crippen LogP contribution >= 0.6 is 11.6 Å². The molecule has 0 fully saturated rings. The van der Waals surface area contributed by atoms with Crippen LogP contribution in [0.1, 0.15) is 18.1 Å². The number of rotatable bonds is 7. The molecule has 4 rings (SSSR count). The van der Waals surface area contributed by atoms with Crippen molar-refractivity contribution in [1.82, 2.24) is 4.98 Å². The van der Waals surface area contributed by atoms with Crippen molar-refractivity contribution in [3.05, 3.63) is 95.0 Å². The van der Waals surface area contributed by atoms with Crippen molar-refractivity contribution in [3.63, 3.8) is 0 Å². The maximum Gasteiger partial charge on any atom is 0.234 e. The van der Waals surface area contributed by atoms with Crippen molar-refractivity contribution in [2.75, 3.05) is 5.32 Å². The molecule has 0 amide bonds. The fraction of sp³-hybridized carbons (Fsp3) is 0.125. The van der Waals surface area contributed by atoms with E-state index in [-0.39, 0.29) is 21.7 Å². The van der Waals surface area contributed by atoms with Gasteiger partial charge in [0.25, 0.3) is 0 Å². The first-order chi connectivity index (χ1) is 15.0. The van der Waals surface area contributed by atoms with E-state index in [1.807, 2.05) is 49.4 Å². The summed E-state index contributed by atoms with van der Waals surface area (Å²) >= 11 is 5.97. The number of hydrogen-bond acceptors (Lipinski definition) is 5. The van der Waals surface area contributed by atoms with Crippen LogP contribution in [0, 0.1) is 0 Å². The monoisotopic (exact) mass is 452 g/mol. The van der Waals surface area contributed by atoms with E-state index in [4.69, 9.17) is 16.0 Å². The maximum atomic E-state index is 13.4. The molecule has 31 heavy (non-hydrogen) atoms. The summed E-state index contributed by atoms with van der Waals surface area (Å²) in [6, 6.07) is 23.4. The zero-order chi connectivity index (χ0) is 21.8. The predicted octanol–water partition coefficient (Wildman–Crippen LogP) is 6.00. The summed E-state index contributed by atoms with van der Waals surface area (Å²) in [5.74, 6) is 0.310. The lowest BCUT2D eigenvalue weighted by Crippen LogP contribution is -2.07. The van der Waals surface area contributed by atoms with Gasteiger partial charge in [0, 0.05) is 17.1 Å². The Balaban J connectivity index is 1.75. The third-order valence-electron chi connectivity index (χ3n) is 4.88. The molecule has 0 saturated carbocycles. The highest BCUT2D eigenvalue weighted by Crippen LogP contribution is 2.33. The van der Waals surface area contributed by atoms with Crippen LogP contribution in [0.3, 0.4) is 0 Å². The Morgan fingerprint density at radius 2 is 1.58 bits per heavy atom. The van der Waals surface area contributed by atoms with E-state index in [2.05, 4.69) is 10.3 Å². The standard InChI is InChI=1S/C24H21ClN2O3S/c1-2-17-8-14-21(15-9-17)31(28,29)24-23(26-16-18-6-4-3-5-7-18)30-22(27-24)19-10-12-20(25)13-11-19/h3-15,26H,2,16H2,1H3. The average molecular weight is 453 g/mol. The lowest BCUT2D eigenvalue weighted by Gasteiger charge is -2.07. The first-order valence-electron chi connectivity index (χ1n) is 9.86. The summed E-state index contributed by atoms with van der Waals surface area (Å²) < 4.78 is 32.6. The minimum atomic E-state index is -3.89. The van der Waals surface area contributed by atoms with Crippen LogP contribution in [0.4, 0.5) is 5.88 Å². The number of halogens is 1. The molecule has 158 valence electrons. The third-order valence-corrected chi connectivity index (χ3v) is 6.81. The highest BCUT2D eigenvalue weighted by Gasteiger charge is 2.28. The molecule has 0 spiro atoms. The molecule has 0 unspecified atom stereocenters. The lowest BCUT2D eigenvalue weighted by molar-refractivity contribution is 0.576. The maximum absolute atomic E-state index is 13.4. The second kappa shape index (κ2) is 8.96. The average Bonchev–Trinajstić information content (AvgIpc) is 3.24. The van der Waals surface area contributed by atoms with Gasteiger partial charge in [0.15, 0.2) is 0 Å². The predicted molar refractivity (Wildman–Crippen MR) is 122 cm³/mol. The number of oxazole rings is 1. The van der Waals surface area contributed by atoms with Crippen molar-refractivity contribution in [2.24, 2.45) is 0 Å². The molecule has 1 N–H and O–H groups in total. The molecule has 1 aromatic heterocycles. The van der Waals surface area contributed by atoms with Crippen molar-refractivity contribution in [1.29, 1.82) is 0 Å². The van der Waals surface area contributed by atoms with Crippen LogP contribution < -0.4 is 5.32 Å². The molecule has 1 heterocycles. The number of sulfone groups is 1. The molecule has 0 saturated heterocycles. The molecule has 4 aromatic rings. The Morgan fingerprint density at radius 1 is 0.903 bits per heavy atom. The quantitative estimate of drug-likeness (QED) is 0.372. The molecule has 0 aliphatic rings. The minimum absolute atomic E-state index is 0.105. The molecule has 0 aliphatic heterocycles. The van der Waals surface area contributed by atoms with Crippen LogP contribution in [-0.4, -0.2) is 13.4 Å². The van der Waals surface area contributed by atoms with Gasteiger partial charge in [-0.25, -0.2) is 8.42 Å². The summed E-state index contributed by atoms with van der Waals surface area (Å²) in [6.45, 7) is 2.42. The smallest absolute Gasteiger partial charge is 0.234 e. The normalized spacial score (nSPS) is 11.4. The van der Waals surface area contributed by atoms with E-state index >= 15 is 0 Å². The first kappa shape index (κ1) is 21.2. The van der Waals surface area contributed by atoms with Gasteiger partial charge in [-0.2, -0.15) is 4.98 Å². The summed E-state index contributed by atoms with van der Waals surface area (Å²) in [4.78, 5) is 4.52. The van der Waals surface area contributed by atoms with E-state index < -0.39 is 9.84 Å². The van der Waals surface area contributed by atoms with Gasteiger partial charge in [-0.05, 0) is 53.9 Å². The van der Waals surface area contributed by atoms with Crippen molar-refractivity contribution in [3.8, 4) is 11.5 Å². The number of nitrogens with zero attached hydrogens (tertiary/aromatic N) is 1.